The molecule has 10 heteroatoms. The molecule has 0 spiro atoms. The third-order valence-corrected chi connectivity index (χ3v) is 4.42. The van der Waals surface area contributed by atoms with Crippen LogP contribution in [-0.4, -0.2) is 36.1 Å². The van der Waals surface area contributed by atoms with Gasteiger partial charge in [-0.3, -0.25) is 14.8 Å². The Morgan fingerprint density at radius 1 is 1.28 bits per heavy atom. The number of thioether (sulfide) groups is 1. The number of hydrogen-bond acceptors (Lipinski definition) is 7. The van der Waals surface area contributed by atoms with Gasteiger partial charge in [0.15, 0.2) is 11.0 Å². The van der Waals surface area contributed by atoms with E-state index in [4.69, 9.17) is 4.74 Å². The van der Waals surface area contributed by atoms with E-state index >= 15 is 0 Å². The molecule has 0 amide bonds. The average molecular weight is 360 g/mol. The zero-order valence-electron chi connectivity index (χ0n) is 13.7. The highest BCUT2D eigenvalue weighted by molar-refractivity contribution is 7.98. The summed E-state index contributed by atoms with van der Waals surface area (Å²) in [5, 5.41) is 23.7. The number of aromatic nitrogens is 5. The second-order valence-corrected chi connectivity index (χ2v) is 6.00. The summed E-state index contributed by atoms with van der Waals surface area (Å²) < 4.78 is 8.80. The number of benzene rings is 1. The second kappa shape index (κ2) is 7.34. The zero-order chi connectivity index (χ0) is 17.8. The van der Waals surface area contributed by atoms with E-state index in [1.54, 1.807) is 0 Å². The normalized spacial score (nSPS) is 10.8. The molecule has 0 radical (unpaired) electrons. The fraction of sp³-hybridized carbons (Fsp3) is 0.267. The van der Waals surface area contributed by atoms with E-state index in [1.165, 1.54) is 28.8 Å². The molecule has 0 saturated carbocycles. The van der Waals surface area contributed by atoms with E-state index in [0.29, 0.717) is 17.6 Å². The molecule has 2 heterocycles. The molecule has 1 aromatic carbocycles. The number of rotatable bonds is 7. The Balaban J connectivity index is 1.70. The molecule has 0 aliphatic heterocycles. The van der Waals surface area contributed by atoms with Crippen molar-refractivity contribution in [2.75, 3.05) is 6.61 Å². The summed E-state index contributed by atoms with van der Waals surface area (Å²) in [5.74, 6) is 1.95. The molecule has 130 valence electrons. The van der Waals surface area contributed by atoms with Crippen LogP contribution in [0.3, 0.4) is 0 Å². The smallest absolute Gasteiger partial charge is 0.307 e. The van der Waals surface area contributed by atoms with Crippen molar-refractivity contribution in [1.29, 1.82) is 0 Å². The van der Waals surface area contributed by atoms with Crippen LogP contribution >= 0.6 is 11.8 Å². The third-order valence-electron chi connectivity index (χ3n) is 3.41. The molecule has 0 fully saturated rings. The molecule has 2 aromatic heterocycles. The van der Waals surface area contributed by atoms with Gasteiger partial charge in [0.1, 0.15) is 18.1 Å². The van der Waals surface area contributed by atoms with Crippen LogP contribution in [0.1, 0.15) is 6.92 Å². The largest absolute Gasteiger partial charge is 0.494 e. The van der Waals surface area contributed by atoms with E-state index in [-0.39, 0.29) is 5.69 Å². The average Bonchev–Trinajstić information content (AvgIpc) is 3.21. The molecule has 9 nitrogen and oxygen atoms in total. The Bertz CT molecular complexity index is 874. The van der Waals surface area contributed by atoms with Crippen molar-refractivity contribution >= 4 is 17.4 Å². The number of hydrogen-bond donors (Lipinski definition) is 0. The topological polar surface area (TPSA) is 101 Å². The van der Waals surface area contributed by atoms with Crippen molar-refractivity contribution < 1.29 is 9.66 Å². The van der Waals surface area contributed by atoms with Crippen LogP contribution in [0.4, 0.5) is 5.69 Å². The van der Waals surface area contributed by atoms with Crippen molar-refractivity contribution in [3.05, 3.63) is 46.8 Å². The molecule has 0 atom stereocenters. The Morgan fingerprint density at radius 3 is 2.68 bits per heavy atom. The van der Waals surface area contributed by atoms with Gasteiger partial charge in [-0.2, -0.15) is 5.10 Å². The minimum atomic E-state index is -0.472. The monoisotopic (exact) mass is 360 g/mol. The van der Waals surface area contributed by atoms with Crippen molar-refractivity contribution in [2.45, 2.75) is 18.0 Å². The van der Waals surface area contributed by atoms with Gasteiger partial charge in [-0.15, -0.1) is 10.2 Å². The summed E-state index contributed by atoms with van der Waals surface area (Å²) in [7, 11) is 1.87. The molecule has 0 N–H and O–H groups in total. The number of nitro groups is 1. The van der Waals surface area contributed by atoms with E-state index in [1.807, 2.05) is 42.8 Å². The molecule has 0 unspecified atom stereocenters. The van der Waals surface area contributed by atoms with Crippen molar-refractivity contribution in [1.82, 2.24) is 24.5 Å². The standard InChI is InChI=1S/C15H16N6O3S/c1-3-24-13-6-4-11(5-7-13)14-17-18-15(19(14)2)25-10-20-9-12(8-16-20)21(22)23/h4-9H,3,10H2,1-2H3. The highest BCUT2D eigenvalue weighted by Crippen LogP contribution is 2.25. The Kier molecular flexibility index (Phi) is 4.98. The fourth-order valence-corrected chi connectivity index (χ4v) is 2.97. The van der Waals surface area contributed by atoms with Gasteiger partial charge in [0.25, 0.3) is 0 Å². The van der Waals surface area contributed by atoms with Crippen molar-refractivity contribution in [2.24, 2.45) is 7.05 Å². The lowest BCUT2D eigenvalue weighted by Gasteiger charge is -2.06. The van der Waals surface area contributed by atoms with Crippen molar-refractivity contribution in [3.63, 3.8) is 0 Å². The van der Waals surface area contributed by atoms with Gasteiger partial charge in [0.2, 0.25) is 0 Å². The number of nitrogens with zero attached hydrogens (tertiary/aromatic N) is 6. The van der Waals surface area contributed by atoms with Crippen LogP contribution in [0.15, 0.2) is 41.8 Å². The summed E-state index contributed by atoms with van der Waals surface area (Å²) in [5.41, 5.74) is 0.897. The maximum atomic E-state index is 10.7. The number of ether oxygens (including phenoxy) is 1. The van der Waals surface area contributed by atoms with E-state index in [0.717, 1.165) is 17.1 Å². The Hall–Kier alpha value is -2.88. The molecule has 25 heavy (non-hydrogen) atoms. The molecular weight excluding hydrogens is 344 g/mol. The van der Waals surface area contributed by atoms with Gasteiger partial charge in [-0.05, 0) is 31.2 Å². The highest BCUT2D eigenvalue weighted by Gasteiger charge is 2.13. The Morgan fingerprint density at radius 2 is 2.04 bits per heavy atom. The predicted octanol–water partition coefficient (Wildman–Crippen LogP) is 2.74. The van der Waals surface area contributed by atoms with E-state index < -0.39 is 4.92 Å². The van der Waals surface area contributed by atoms with Crippen LogP contribution < -0.4 is 4.74 Å². The quantitative estimate of drug-likeness (QED) is 0.363. The first kappa shape index (κ1) is 17.0. The summed E-state index contributed by atoms with van der Waals surface area (Å²) >= 11 is 1.39. The lowest BCUT2D eigenvalue weighted by molar-refractivity contribution is -0.385. The van der Waals surface area contributed by atoms with Gasteiger partial charge in [0, 0.05) is 12.6 Å². The van der Waals surface area contributed by atoms with Crippen LogP contribution in [0.2, 0.25) is 0 Å². The first-order valence-corrected chi connectivity index (χ1v) is 8.49. The third kappa shape index (κ3) is 3.79. The second-order valence-electron chi connectivity index (χ2n) is 5.09. The molecule has 3 aromatic rings. The molecule has 0 bridgehead atoms. The predicted molar refractivity (Wildman–Crippen MR) is 92.3 cm³/mol. The summed E-state index contributed by atoms with van der Waals surface area (Å²) in [6.45, 7) is 2.56. The van der Waals surface area contributed by atoms with E-state index in [2.05, 4.69) is 15.3 Å². The molecule has 0 aliphatic carbocycles. The van der Waals surface area contributed by atoms with E-state index in [9.17, 15) is 10.1 Å². The van der Waals surface area contributed by atoms with Crippen LogP contribution in [0.25, 0.3) is 11.4 Å². The highest BCUT2D eigenvalue weighted by atomic mass is 32.2. The van der Waals surface area contributed by atoms with Crippen molar-refractivity contribution in [3.8, 4) is 17.1 Å². The summed E-state index contributed by atoms with van der Waals surface area (Å²) in [4.78, 5) is 10.2. The lowest BCUT2D eigenvalue weighted by Crippen LogP contribution is -1.99. The lowest BCUT2D eigenvalue weighted by atomic mass is 10.2. The first-order chi connectivity index (χ1) is 12.1. The summed E-state index contributed by atoms with van der Waals surface area (Å²) in [6.07, 6.45) is 2.61. The summed E-state index contributed by atoms with van der Waals surface area (Å²) in [6, 6.07) is 7.65. The Labute approximate surface area is 147 Å². The minimum absolute atomic E-state index is 0.0337. The van der Waals surface area contributed by atoms with Crippen LogP contribution in [0, 0.1) is 10.1 Å². The van der Waals surface area contributed by atoms with Gasteiger partial charge in [0.05, 0.1) is 17.4 Å². The first-order valence-electron chi connectivity index (χ1n) is 7.50. The SMILES string of the molecule is CCOc1ccc(-c2nnc(SCn3cc([N+](=O)[O-])cn3)n2C)cc1. The van der Waals surface area contributed by atoms with Gasteiger partial charge in [-0.1, -0.05) is 11.8 Å². The van der Waals surface area contributed by atoms with Gasteiger partial charge in [-0.25, -0.2) is 0 Å². The van der Waals surface area contributed by atoms with Gasteiger partial charge >= 0.3 is 5.69 Å². The molecule has 3 rings (SSSR count). The maximum absolute atomic E-state index is 10.7. The molecular formula is C15H16N6O3S. The fourth-order valence-electron chi connectivity index (χ4n) is 2.20. The minimum Gasteiger partial charge on any atom is -0.494 e. The molecule has 0 aliphatic rings. The van der Waals surface area contributed by atoms with Crippen LogP contribution in [-0.2, 0) is 12.9 Å². The zero-order valence-corrected chi connectivity index (χ0v) is 14.5. The molecule has 0 saturated heterocycles. The van der Waals surface area contributed by atoms with Gasteiger partial charge < -0.3 is 9.30 Å². The van der Waals surface area contributed by atoms with Crippen LogP contribution in [0.5, 0.6) is 5.75 Å². The maximum Gasteiger partial charge on any atom is 0.307 e.